The Morgan fingerprint density at radius 2 is 1.98 bits per heavy atom. The van der Waals surface area contributed by atoms with Gasteiger partial charge in [0.05, 0.1) is 11.3 Å². The van der Waals surface area contributed by atoms with Crippen molar-refractivity contribution in [2.45, 2.75) is 57.5 Å². The predicted octanol–water partition coefficient (Wildman–Crippen LogP) is 5.09. The molecule has 4 aromatic rings. The van der Waals surface area contributed by atoms with Crippen molar-refractivity contribution >= 4 is 16.9 Å². The molecule has 6 rings (SSSR count). The smallest absolute Gasteiger partial charge is 0.335 e. The first kappa shape index (κ1) is 28.4. The Balaban J connectivity index is 1.50. The van der Waals surface area contributed by atoms with Gasteiger partial charge in [-0.3, -0.25) is 9.58 Å². The maximum Gasteiger partial charge on any atom is 0.335 e. The summed E-state index contributed by atoms with van der Waals surface area (Å²) in [6, 6.07) is 11.5. The normalized spacial score (nSPS) is 19.4. The van der Waals surface area contributed by atoms with Gasteiger partial charge in [0, 0.05) is 62.2 Å². The number of rotatable bonds is 8. The van der Waals surface area contributed by atoms with E-state index in [-0.39, 0.29) is 18.1 Å². The van der Waals surface area contributed by atoms with Crippen LogP contribution in [0.15, 0.2) is 42.7 Å². The number of hydrogen-bond acceptors (Lipinski definition) is 6. The third-order valence-corrected chi connectivity index (χ3v) is 8.65. The van der Waals surface area contributed by atoms with E-state index in [1.165, 1.54) is 0 Å². The van der Waals surface area contributed by atoms with Crippen molar-refractivity contribution in [1.29, 1.82) is 0 Å². The summed E-state index contributed by atoms with van der Waals surface area (Å²) >= 11 is 0. The van der Waals surface area contributed by atoms with E-state index in [4.69, 9.17) is 4.74 Å². The number of fused-ring (bicyclic) bond motifs is 5. The SMILES string of the molecule is CN(C)CCN1CCn2c(c([C@@H]3CCCC[C@H]3F)c3ccc(C(=O)O)cc32)-c2ccc(OCc3ncn(C)n3)cc2C1. The monoisotopic (exact) mass is 574 g/mol. The summed E-state index contributed by atoms with van der Waals surface area (Å²) in [5, 5.41) is 15.1. The molecule has 2 aromatic heterocycles. The highest BCUT2D eigenvalue weighted by Gasteiger charge is 2.34. The quantitative estimate of drug-likeness (QED) is 0.314. The lowest BCUT2D eigenvalue weighted by Gasteiger charge is -2.31. The van der Waals surface area contributed by atoms with Crippen LogP contribution in [0, 0.1) is 0 Å². The summed E-state index contributed by atoms with van der Waals surface area (Å²) in [5.41, 5.74) is 5.29. The number of nitrogens with zero attached hydrogens (tertiary/aromatic N) is 6. The summed E-state index contributed by atoms with van der Waals surface area (Å²) in [6.07, 6.45) is 3.97. The molecule has 2 aromatic carbocycles. The Bertz CT molecular complexity index is 1590. The highest BCUT2D eigenvalue weighted by Crippen LogP contribution is 2.47. The molecule has 0 unspecified atom stereocenters. The Kier molecular flexibility index (Phi) is 8.00. The molecule has 2 aliphatic rings. The molecule has 222 valence electrons. The fourth-order valence-corrected chi connectivity index (χ4v) is 6.53. The average molecular weight is 575 g/mol. The Morgan fingerprint density at radius 1 is 1.14 bits per heavy atom. The molecule has 1 saturated carbocycles. The van der Waals surface area contributed by atoms with Crippen LogP contribution in [-0.2, 0) is 26.7 Å². The van der Waals surface area contributed by atoms with E-state index in [1.54, 1.807) is 23.1 Å². The van der Waals surface area contributed by atoms with Crippen molar-refractivity contribution in [2.75, 3.05) is 33.7 Å². The minimum absolute atomic E-state index is 0.226. The van der Waals surface area contributed by atoms with Gasteiger partial charge in [-0.2, -0.15) is 5.10 Å². The zero-order chi connectivity index (χ0) is 29.4. The van der Waals surface area contributed by atoms with Gasteiger partial charge in [0.2, 0.25) is 0 Å². The van der Waals surface area contributed by atoms with E-state index in [0.29, 0.717) is 18.8 Å². The number of benzene rings is 2. The molecule has 1 fully saturated rings. The lowest BCUT2D eigenvalue weighted by molar-refractivity contribution is 0.0697. The van der Waals surface area contributed by atoms with Crippen LogP contribution in [0.1, 0.15) is 58.9 Å². The van der Waals surface area contributed by atoms with Gasteiger partial charge >= 0.3 is 5.97 Å². The lowest BCUT2D eigenvalue weighted by atomic mass is 9.80. The summed E-state index contributed by atoms with van der Waals surface area (Å²) in [5.74, 6) is 0.155. The van der Waals surface area contributed by atoms with Crippen LogP contribution in [0.25, 0.3) is 22.2 Å². The van der Waals surface area contributed by atoms with Crippen LogP contribution < -0.4 is 4.74 Å². The summed E-state index contributed by atoms with van der Waals surface area (Å²) in [7, 11) is 5.98. The molecular formula is C32H39FN6O3. The molecule has 0 amide bonds. The first-order valence-electron chi connectivity index (χ1n) is 14.8. The van der Waals surface area contributed by atoms with Crippen LogP contribution in [0.4, 0.5) is 4.39 Å². The maximum absolute atomic E-state index is 15.7. The molecule has 42 heavy (non-hydrogen) atoms. The number of likely N-dealkylation sites (N-methyl/N-ethyl adjacent to an activating group) is 1. The number of aromatic nitrogens is 4. The summed E-state index contributed by atoms with van der Waals surface area (Å²) in [6.45, 7) is 4.26. The average Bonchev–Trinajstić information content (AvgIpc) is 3.52. The molecule has 10 heteroatoms. The van der Waals surface area contributed by atoms with Crippen LogP contribution in [0.5, 0.6) is 5.75 Å². The standard InChI is InChI=1S/C32H39FN6O3/c1-36(2)12-13-38-14-15-39-28-17-21(32(40)41)8-10-26(28)30(25-6-4-5-7-27(25)33)31(39)24-11-9-23(16-22(24)18-38)42-19-29-34-20-37(3)35-29/h8-11,16-17,20,25,27H,4-7,12-15,18-19H2,1-3H3,(H,40,41)/t25-,27-/m1/s1. The molecule has 0 bridgehead atoms. The van der Waals surface area contributed by atoms with Crippen molar-refractivity contribution in [3.8, 4) is 17.0 Å². The highest BCUT2D eigenvalue weighted by molar-refractivity contribution is 5.98. The van der Waals surface area contributed by atoms with E-state index < -0.39 is 12.1 Å². The number of ether oxygens (including phenoxy) is 1. The van der Waals surface area contributed by atoms with E-state index >= 15 is 4.39 Å². The second kappa shape index (κ2) is 11.9. The van der Waals surface area contributed by atoms with Gasteiger partial charge in [0.15, 0.2) is 5.82 Å². The minimum atomic E-state index is -0.960. The number of carboxylic acids is 1. The first-order valence-corrected chi connectivity index (χ1v) is 14.8. The number of halogens is 1. The molecule has 2 atom stereocenters. The van der Waals surface area contributed by atoms with Crippen LogP contribution in [0.3, 0.4) is 0 Å². The molecule has 3 heterocycles. The van der Waals surface area contributed by atoms with Crippen LogP contribution >= 0.6 is 0 Å². The van der Waals surface area contributed by atoms with Crippen molar-refractivity contribution in [2.24, 2.45) is 7.05 Å². The maximum atomic E-state index is 15.7. The highest BCUT2D eigenvalue weighted by atomic mass is 19.1. The number of hydrogen-bond donors (Lipinski definition) is 1. The molecule has 1 N–H and O–H groups in total. The number of aryl methyl sites for hydroxylation is 1. The van der Waals surface area contributed by atoms with E-state index in [0.717, 1.165) is 84.5 Å². The Labute approximate surface area is 245 Å². The van der Waals surface area contributed by atoms with Gasteiger partial charge in [-0.05, 0) is 68.4 Å². The number of carbonyl (C=O) groups is 1. The second-order valence-electron chi connectivity index (χ2n) is 11.9. The number of alkyl halides is 1. The van der Waals surface area contributed by atoms with E-state index in [2.05, 4.69) is 50.7 Å². The summed E-state index contributed by atoms with van der Waals surface area (Å²) in [4.78, 5) is 20.9. The third-order valence-electron chi connectivity index (χ3n) is 8.65. The van der Waals surface area contributed by atoms with Crippen LogP contribution in [0.2, 0.25) is 0 Å². The van der Waals surface area contributed by atoms with Gasteiger partial charge in [-0.1, -0.05) is 18.9 Å². The molecule has 9 nitrogen and oxygen atoms in total. The van der Waals surface area contributed by atoms with Gasteiger partial charge < -0.3 is 19.3 Å². The molecule has 0 radical (unpaired) electrons. The second-order valence-corrected chi connectivity index (χ2v) is 11.9. The zero-order valence-electron chi connectivity index (χ0n) is 24.6. The van der Waals surface area contributed by atoms with Crippen molar-refractivity contribution in [3.63, 3.8) is 0 Å². The fraction of sp³-hybridized carbons (Fsp3) is 0.469. The van der Waals surface area contributed by atoms with Gasteiger partial charge in [0.1, 0.15) is 24.9 Å². The minimum Gasteiger partial charge on any atom is -0.486 e. The topological polar surface area (TPSA) is 88.6 Å². The molecule has 1 aliphatic carbocycles. The Morgan fingerprint density at radius 3 is 2.71 bits per heavy atom. The van der Waals surface area contributed by atoms with E-state index in [9.17, 15) is 9.90 Å². The Hall–Kier alpha value is -3.76. The molecule has 1 aliphatic heterocycles. The van der Waals surface area contributed by atoms with Gasteiger partial charge in [-0.15, -0.1) is 0 Å². The van der Waals surface area contributed by atoms with Gasteiger partial charge in [-0.25, -0.2) is 14.2 Å². The predicted molar refractivity (Wildman–Crippen MR) is 160 cm³/mol. The number of aromatic carboxylic acids is 1. The van der Waals surface area contributed by atoms with Crippen molar-refractivity contribution < 1.29 is 19.0 Å². The molecular weight excluding hydrogens is 535 g/mol. The third kappa shape index (κ3) is 5.65. The molecule has 0 spiro atoms. The fourth-order valence-electron chi connectivity index (χ4n) is 6.53. The number of carboxylic acid groups (broad SMARTS) is 1. The zero-order valence-corrected chi connectivity index (χ0v) is 24.6. The first-order chi connectivity index (χ1) is 20.3. The summed E-state index contributed by atoms with van der Waals surface area (Å²) < 4.78 is 25.7. The van der Waals surface area contributed by atoms with Crippen molar-refractivity contribution in [1.82, 2.24) is 29.1 Å². The largest absolute Gasteiger partial charge is 0.486 e. The van der Waals surface area contributed by atoms with Crippen molar-refractivity contribution in [3.05, 3.63) is 65.2 Å². The lowest BCUT2D eigenvalue weighted by Crippen LogP contribution is -2.35. The van der Waals surface area contributed by atoms with Crippen LogP contribution in [-0.4, -0.2) is 80.1 Å². The molecule has 0 saturated heterocycles. The van der Waals surface area contributed by atoms with E-state index in [1.807, 2.05) is 19.2 Å². The van der Waals surface area contributed by atoms with Gasteiger partial charge in [0.25, 0.3) is 0 Å².